The van der Waals surface area contributed by atoms with Crippen molar-refractivity contribution in [1.29, 1.82) is 0 Å². The van der Waals surface area contributed by atoms with Crippen molar-refractivity contribution >= 4 is 23.2 Å². The minimum absolute atomic E-state index is 0.0250. The first-order valence-corrected chi connectivity index (χ1v) is 8.41. The number of nitrogens with zero attached hydrogens (tertiary/aromatic N) is 1. The van der Waals surface area contributed by atoms with Crippen LogP contribution < -0.4 is 5.32 Å². The maximum atomic E-state index is 12.8. The van der Waals surface area contributed by atoms with Crippen molar-refractivity contribution in [3.8, 4) is 0 Å². The largest absolute Gasteiger partial charge is 0.342 e. The number of hydrogen-bond donors (Lipinski definition) is 1. The van der Waals surface area contributed by atoms with Gasteiger partial charge in [0.25, 0.3) is 0 Å². The second-order valence-electron chi connectivity index (χ2n) is 6.29. The van der Waals surface area contributed by atoms with E-state index in [4.69, 9.17) is 0 Å². The number of piperazine rings is 1. The van der Waals surface area contributed by atoms with Crippen LogP contribution in [0.1, 0.15) is 48.0 Å². The summed E-state index contributed by atoms with van der Waals surface area (Å²) in [6.45, 7) is 8.02. The zero-order valence-electron chi connectivity index (χ0n) is 13.0. The summed E-state index contributed by atoms with van der Waals surface area (Å²) >= 11 is 1.75. The molecular weight excluding hydrogens is 284 g/mol. The monoisotopic (exact) mass is 306 g/mol. The van der Waals surface area contributed by atoms with E-state index >= 15 is 0 Å². The number of carbonyl (C=O) groups excluding carboxylic acids is 2. The lowest BCUT2D eigenvalue weighted by Crippen LogP contribution is -2.63. The third kappa shape index (κ3) is 2.48. The topological polar surface area (TPSA) is 49.4 Å². The molecule has 0 bridgehead atoms. The van der Waals surface area contributed by atoms with Crippen molar-refractivity contribution < 1.29 is 9.59 Å². The van der Waals surface area contributed by atoms with Crippen LogP contribution in [0.5, 0.6) is 0 Å². The number of amides is 2. The Hall–Kier alpha value is -1.36. The van der Waals surface area contributed by atoms with Crippen LogP contribution in [0.2, 0.25) is 0 Å². The van der Waals surface area contributed by atoms with E-state index in [2.05, 4.69) is 25.2 Å². The van der Waals surface area contributed by atoms with Gasteiger partial charge in [-0.25, -0.2) is 0 Å². The van der Waals surface area contributed by atoms with E-state index < -0.39 is 6.04 Å². The smallest absolute Gasteiger partial charge is 0.246 e. The van der Waals surface area contributed by atoms with Crippen LogP contribution in [0.15, 0.2) is 6.07 Å². The molecular formula is C16H22N2O2S. The summed E-state index contributed by atoms with van der Waals surface area (Å²) in [7, 11) is 0. The number of thiophene rings is 1. The first-order chi connectivity index (χ1) is 9.90. The quantitative estimate of drug-likeness (QED) is 0.933. The molecule has 5 heteroatoms. The molecule has 1 aromatic heterocycles. The Morgan fingerprint density at radius 3 is 2.52 bits per heavy atom. The molecule has 3 atom stereocenters. The maximum absolute atomic E-state index is 12.8. The molecule has 0 spiro atoms. The summed E-state index contributed by atoms with van der Waals surface area (Å²) < 4.78 is 0. The average Bonchev–Trinajstić information content (AvgIpc) is 3.19. The van der Waals surface area contributed by atoms with Gasteiger partial charge in [0.2, 0.25) is 11.8 Å². The Bertz CT molecular complexity index is 591. The lowest BCUT2D eigenvalue weighted by molar-refractivity contribution is -0.151. The Morgan fingerprint density at radius 2 is 2.00 bits per heavy atom. The molecule has 1 aromatic rings. The Balaban J connectivity index is 1.91. The number of hydrogen-bond acceptors (Lipinski definition) is 3. The van der Waals surface area contributed by atoms with Gasteiger partial charge in [-0.3, -0.25) is 9.59 Å². The van der Waals surface area contributed by atoms with Gasteiger partial charge in [-0.05, 0) is 58.1 Å². The molecule has 1 saturated carbocycles. The summed E-state index contributed by atoms with van der Waals surface area (Å²) in [4.78, 5) is 29.3. The number of nitrogens with one attached hydrogen (secondary N) is 1. The molecule has 114 valence electrons. The molecule has 0 aromatic carbocycles. The highest BCUT2D eigenvalue weighted by atomic mass is 32.1. The van der Waals surface area contributed by atoms with Crippen molar-refractivity contribution in [2.24, 2.45) is 5.92 Å². The molecule has 4 nitrogen and oxygen atoms in total. The molecule has 3 unspecified atom stereocenters. The fourth-order valence-electron chi connectivity index (χ4n) is 3.30. The van der Waals surface area contributed by atoms with Gasteiger partial charge in [0, 0.05) is 9.75 Å². The van der Waals surface area contributed by atoms with Crippen LogP contribution in [-0.2, 0) is 9.59 Å². The van der Waals surface area contributed by atoms with Crippen molar-refractivity contribution in [1.82, 2.24) is 10.2 Å². The van der Waals surface area contributed by atoms with Gasteiger partial charge in [-0.15, -0.1) is 11.3 Å². The molecule has 1 aliphatic heterocycles. The van der Waals surface area contributed by atoms with Gasteiger partial charge in [0.05, 0.1) is 6.04 Å². The van der Waals surface area contributed by atoms with E-state index in [0.29, 0.717) is 5.92 Å². The summed E-state index contributed by atoms with van der Waals surface area (Å²) in [6.07, 6.45) is 2.09. The second-order valence-corrected chi connectivity index (χ2v) is 7.75. The minimum Gasteiger partial charge on any atom is -0.342 e. The van der Waals surface area contributed by atoms with Crippen molar-refractivity contribution in [2.75, 3.05) is 0 Å². The maximum Gasteiger partial charge on any atom is 0.246 e. The highest BCUT2D eigenvalue weighted by Crippen LogP contribution is 2.38. The van der Waals surface area contributed by atoms with Gasteiger partial charge in [0.15, 0.2) is 0 Å². The fourth-order valence-corrected chi connectivity index (χ4v) is 4.32. The van der Waals surface area contributed by atoms with Crippen molar-refractivity contribution in [3.63, 3.8) is 0 Å². The van der Waals surface area contributed by atoms with Crippen LogP contribution in [0.4, 0.5) is 0 Å². The van der Waals surface area contributed by atoms with Crippen LogP contribution >= 0.6 is 11.3 Å². The summed E-state index contributed by atoms with van der Waals surface area (Å²) in [5, 5.41) is 2.91. The van der Waals surface area contributed by atoms with E-state index in [1.807, 2.05) is 13.8 Å². The van der Waals surface area contributed by atoms with E-state index in [9.17, 15) is 9.59 Å². The van der Waals surface area contributed by atoms with Crippen LogP contribution in [-0.4, -0.2) is 28.8 Å². The Labute approximate surface area is 129 Å². The molecule has 1 aliphatic carbocycles. The molecule has 2 amide bonds. The lowest BCUT2D eigenvalue weighted by Gasteiger charge is -2.41. The van der Waals surface area contributed by atoms with Gasteiger partial charge in [0.1, 0.15) is 12.1 Å². The van der Waals surface area contributed by atoms with Crippen LogP contribution in [0.3, 0.4) is 0 Å². The van der Waals surface area contributed by atoms with E-state index in [0.717, 1.165) is 12.8 Å². The van der Waals surface area contributed by atoms with Gasteiger partial charge in [-0.1, -0.05) is 0 Å². The third-order valence-corrected chi connectivity index (χ3v) is 5.64. The second kappa shape index (κ2) is 5.13. The van der Waals surface area contributed by atoms with Crippen LogP contribution in [0, 0.1) is 19.8 Å². The first kappa shape index (κ1) is 14.6. The summed E-state index contributed by atoms with van der Waals surface area (Å²) in [5.41, 5.74) is 1.17. The van der Waals surface area contributed by atoms with Gasteiger partial charge in [-0.2, -0.15) is 0 Å². The minimum atomic E-state index is -0.401. The average molecular weight is 306 g/mol. The standard InChI is InChI=1S/C16H22N2O2S/c1-8-7-13(11(4)21-8)9(2)18-10(3)15(19)17-14(16(18)20)12-5-6-12/h7,9-10,12,14H,5-6H2,1-4H3,(H,17,19). The Morgan fingerprint density at radius 1 is 1.33 bits per heavy atom. The number of carbonyl (C=O) groups is 2. The molecule has 2 aliphatic rings. The third-order valence-electron chi connectivity index (χ3n) is 4.66. The van der Waals surface area contributed by atoms with E-state index in [1.54, 1.807) is 16.2 Å². The summed E-state index contributed by atoms with van der Waals surface area (Å²) in [5.74, 6) is 0.400. The highest BCUT2D eigenvalue weighted by Gasteiger charge is 2.47. The normalized spacial score (nSPS) is 27.7. The zero-order chi connectivity index (χ0) is 15.3. The van der Waals surface area contributed by atoms with Gasteiger partial charge >= 0.3 is 0 Å². The lowest BCUT2D eigenvalue weighted by atomic mass is 9.99. The fraction of sp³-hybridized carbons (Fsp3) is 0.625. The van der Waals surface area contributed by atoms with E-state index in [-0.39, 0.29) is 23.9 Å². The summed E-state index contributed by atoms with van der Waals surface area (Å²) in [6, 6.07) is 1.38. The van der Waals surface area contributed by atoms with E-state index in [1.165, 1.54) is 15.3 Å². The molecule has 3 rings (SSSR count). The molecule has 1 saturated heterocycles. The SMILES string of the molecule is Cc1cc(C(C)N2C(=O)C(C3CC3)NC(=O)C2C)c(C)s1. The van der Waals surface area contributed by atoms with Gasteiger partial charge < -0.3 is 10.2 Å². The van der Waals surface area contributed by atoms with Crippen molar-refractivity contribution in [3.05, 3.63) is 21.4 Å². The molecule has 1 N–H and O–H groups in total. The predicted octanol–water partition coefficient (Wildman–Crippen LogP) is 2.55. The predicted molar refractivity (Wildman–Crippen MR) is 83.2 cm³/mol. The Kier molecular flexibility index (Phi) is 3.56. The first-order valence-electron chi connectivity index (χ1n) is 7.59. The number of rotatable bonds is 3. The molecule has 21 heavy (non-hydrogen) atoms. The van der Waals surface area contributed by atoms with Crippen LogP contribution in [0.25, 0.3) is 0 Å². The van der Waals surface area contributed by atoms with Crippen molar-refractivity contribution in [2.45, 2.75) is 58.7 Å². The number of aryl methyl sites for hydroxylation is 2. The molecule has 0 radical (unpaired) electrons. The molecule has 2 fully saturated rings. The zero-order valence-corrected chi connectivity index (χ0v) is 13.8. The molecule has 2 heterocycles. The highest BCUT2D eigenvalue weighted by molar-refractivity contribution is 7.12.